The number of pyridine rings is 1. The molecule has 0 amide bonds. The van der Waals surface area contributed by atoms with Crippen LogP contribution in [0.1, 0.15) is 23.3 Å². The Bertz CT molecular complexity index is 763. The molecule has 0 aromatic carbocycles. The molecule has 0 unspecified atom stereocenters. The highest BCUT2D eigenvalue weighted by atomic mass is 32.2. The zero-order valence-corrected chi connectivity index (χ0v) is 15.0. The third kappa shape index (κ3) is 3.41. The van der Waals surface area contributed by atoms with Gasteiger partial charge < -0.3 is 4.90 Å². The lowest BCUT2D eigenvalue weighted by Crippen LogP contribution is -2.28. The van der Waals surface area contributed by atoms with Crippen LogP contribution in [-0.2, 0) is 16.6 Å². The average molecular weight is 351 g/mol. The molecule has 3 heterocycles. The minimum absolute atomic E-state index is 0.281. The van der Waals surface area contributed by atoms with Crippen molar-refractivity contribution in [2.75, 3.05) is 25.0 Å². The van der Waals surface area contributed by atoms with Crippen molar-refractivity contribution < 1.29 is 8.42 Å². The quantitative estimate of drug-likeness (QED) is 0.831. The smallest absolute Gasteiger partial charge is 0.244 e. The van der Waals surface area contributed by atoms with E-state index in [1.807, 2.05) is 11.9 Å². The molecule has 2 aromatic rings. The molecule has 0 aliphatic carbocycles. The first-order valence-electron chi connectivity index (χ1n) is 7.69. The first-order valence-corrected chi connectivity index (χ1v) is 10.0. The second kappa shape index (κ2) is 6.59. The summed E-state index contributed by atoms with van der Waals surface area (Å²) < 4.78 is 26.5. The van der Waals surface area contributed by atoms with Crippen LogP contribution in [0.4, 0.5) is 5.82 Å². The first-order chi connectivity index (χ1) is 11.0. The van der Waals surface area contributed by atoms with Crippen LogP contribution < -0.4 is 4.90 Å². The number of hydrogen-bond donors (Lipinski definition) is 0. The van der Waals surface area contributed by atoms with Gasteiger partial charge in [0.25, 0.3) is 0 Å². The number of aromatic nitrogens is 1. The number of rotatable bonds is 5. The van der Waals surface area contributed by atoms with Crippen molar-refractivity contribution in [2.45, 2.75) is 31.2 Å². The van der Waals surface area contributed by atoms with Crippen molar-refractivity contribution >= 4 is 27.2 Å². The molecule has 0 N–H and O–H groups in total. The van der Waals surface area contributed by atoms with Crippen LogP contribution in [0.25, 0.3) is 0 Å². The first kappa shape index (κ1) is 16.4. The van der Waals surface area contributed by atoms with Crippen LogP contribution in [0.3, 0.4) is 0 Å². The molecule has 5 nitrogen and oxygen atoms in total. The molecule has 0 spiro atoms. The van der Waals surface area contributed by atoms with Crippen LogP contribution >= 0.6 is 11.3 Å². The summed E-state index contributed by atoms with van der Waals surface area (Å²) in [6, 6.07) is 5.55. The normalized spacial score (nSPS) is 15.9. The van der Waals surface area contributed by atoms with E-state index >= 15 is 0 Å². The Kier molecular flexibility index (Phi) is 4.70. The van der Waals surface area contributed by atoms with Crippen LogP contribution in [-0.4, -0.2) is 37.8 Å². The predicted octanol–water partition coefficient (Wildman–Crippen LogP) is 2.87. The van der Waals surface area contributed by atoms with Gasteiger partial charge >= 0.3 is 0 Å². The Labute approximate surface area is 141 Å². The van der Waals surface area contributed by atoms with E-state index in [0.717, 1.165) is 25.2 Å². The summed E-state index contributed by atoms with van der Waals surface area (Å²) in [5.41, 5.74) is 1.27. The van der Waals surface area contributed by atoms with Gasteiger partial charge in [-0.05, 0) is 48.9 Å². The minimum atomic E-state index is -3.38. The van der Waals surface area contributed by atoms with Crippen molar-refractivity contribution in [3.8, 4) is 0 Å². The lowest BCUT2D eigenvalue weighted by atomic mass is 10.3. The Morgan fingerprint density at radius 2 is 2.00 bits per heavy atom. The van der Waals surface area contributed by atoms with Gasteiger partial charge in [0.2, 0.25) is 10.0 Å². The van der Waals surface area contributed by atoms with E-state index < -0.39 is 10.0 Å². The van der Waals surface area contributed by atoms with Gasteiger partial charge in [-0.1, -0.05) is 0 Å². The van der Waals surface area contributed by atoms with E-state index in [-0.39, 0.29) is 4.90 Å². The Morgan fingerprint density at radius 1 is 1.26 bits per heavy atom. The minimum Gasteiger partial charge on any atom is -0.355 e. The third-order valence-corrected chi connectivity index (χ3v) is 7.05. The summed E-state index contributed by atoms with van der Waals surface area (Å²) in [4.78, 5) is 7.96. The second-order valence-corrected chi connectivity index (χ2v) is 8.78. The third-order valence-electron chi connectivity index (χ3n) is 4.16. The van der Waals surface area contributed by atoms with Gasteiger partial charge in [0.05, 0.1) is 6.54 Å². The lowest BCUT2D eigenvalue weighted by Gasteiger charge is -2.19. The maximum atomic E-state index is 12.5. The fourth-order valence-electron chi connectivity index (χ4n) is 2.69. The fourth-order valence-corrected chi connectivity index (χ4v) is 5.11. The molecule has 1 fully saturated rings. The van der Waals surface area contributed by atoms with Crippen LogP contribution in [0.5, 0.6) is 0 Å². The topological polar surface area (TPSA) is 53.5 Å². The van der Waals surface area contributed by atoms with Gasteiger partial charge in [-0.3, -0.25) is 0 Å². The van der Waals surface area contributed by atoms with Crippen LogP contribution in [0.2, 0.25) is 0 Å². The molecule has 0 saturated carbocycles. The largest absolute Gasteiger partial charge is 0.355 e. The summed E-state index contributed by atoms with van der Waals surface area (Å²) in [5, 5.41) is 2.08. The van der Waals surface area contributed by atoms with Gasteiger partial charge in [-0.25, -0.2) is 13.4 Å². The zero-order chi connectivity index (χ0) is 16.4. The van der Waals surface area contributed by atoms with Crippen molar-refractivity contribution in [3.63, 3.8) is 0 Å². The lowest BCUT2D eigenvalue weighted by molar-refractivity contribution is 0.477. The monoisotopic (exact) mass is 351 g/mol. The van der Waals surface area contributed by atoms with E-state index in [4.69, 9.17) is 0 Å². The summed E-state index contributed by atoms with van der Waals surface area (Å²) in [5.74, 6) is 0.776. The summed E-state index contributed by atoms with van der Waals surface area (Å²) in [7, 11) is -1.42. The van der Waals surface area contributed by atoms with E-state index in [2.05, 4.69) is 23.4 Å². The molecule has 0 atom stereocenters. The van der Waals surface area contributed by atoms with Gasteiger partial charge in [-0.15, -0.1) is 11.3 Å². The highest BCUT2D eigenvalue weighted by Gasteiger charge is 2.27. The van der Waals surface area contributed by atoms with Crippen LogP contribution in [0.15, 0.2) is 34.7 Å². The second-order valence-electron chi connectivity index (χ2n) is 5.85. The van der Waals surface area contributed by atoms with E-state index in [1.165, 1.54) is 16.6 Å². The Morgan fingerprint density at radius 3 is 2.57 bits per heavy atom. The van der Waals surface area contributed by atoms with Crippen molar-refractivity contribution in [3.05, 3.63) is 40.2 Å². The molecule has 3 rings (SSSR count). The molecule has 1 saturated heterocycles. The highest BCUT2D eigenvalue weighted by Crippen LogP contribution is 2.23. The molecular formula is C16H21N3O2S2. The molecule has 1 aliphatic rings. The summed E-state index contributed by atoms with van der Waals surface area (Å²) >= 11 is 1.72. The van der Waals surface area contributed by atoms with Gasteiger partial charge in [0.15, 0.2) is 0 Å². The molecule has 23 heavy (non-hydrogen) atoms. The zero-order valence-electron chi connectivity index (χ0n) is 13.4. The molecule has 124 valence electrons. The van der Waals surface area contributed by atoms with Gasteiger partial charge in [0.1, 0.15) is 10.7 Å². The molecule has 2 aromatic heterocycles. The fraction of sp³-hybridized carbons (Fsp3) is 0.438. The van der Waals surface area contributed by atoms with E-state index in [9.17, 15) is 8.42 Å². The number of sulfonamides is 1. The SMILES string of the molecule is Cc1ccsc1CN(C)c1ccc(S(=O)(=O)N2CCCC2)cn1. The summed E-state index contributed by atoms with van der Waals surface area (Å²) in [6.07, 6.45) is 3.35. The van der Waals surface area contributed by atoms with Gasteiger partial charge in [-0.2, -0.15) is 4.31 Å². The maximum absolute atomic E-state index is 12.5. The van der Waals surface area contributed by atoms with Crippen LogP contribution in [0, 0.1) is 6.92 Å². The average Bonchev–Trinajstić information content (AvgIpc) is 3.20. The molecule has 0 radical (unpaired) electrons. The number of nitrogens with zero attached hydrogens (tertiary/aromatic N) is 3. The predicted molar refractivity (Wildman–Crippen MR) is 93.4 cm³/mol. The van der Waals surface area contributed by atoms with Crippen molar-refractivity contribution in [1.29, 1.82) is 0 Å². The Balaban J connectivity index is 1.75. The molecule has 1 aliphatic heterocycles. The molecular weight excluding hydrogens is 330 g/mol. The highest BCUT2D eigenvalue weighted by molar-refractivity contribution is 7.89. The van der Waals surface area contributed by atoms with Crippen molar-refractivity contribution in [2.24, 2.45) is 0 Å². The molecule has 7 heteroatoms. The van der Waals surface area contributed by atoms with Gasteiger partial charge in [0, 0.05) is 31.2 Å². The van der Waals surface area contributed by atoms with Crippen molar-refractivity contribution in [1.82, 2.24) is 9.29 Å². The van der Waals surface area contributed by atoms with E-state index in [1.54, 1.807) is 27.8 Å². The molecule has 0 bridgehead atoms. The Hall–Kier alpha value is -1.44. The number of hydrogen-bond acceptors (Lipinski definition) is 5. The summed E-state index contributed by atoms with van der Waals surface area (Å²) in [6.45, 7) is 4.09. The standard InChI is InChI=1S/C16H21N3O2S2/c1-13-7-10-22-15(13)12-18(2)16-6-5-14(11-17-16)23(20,21)19-8-3-4-9-19/h5-7,10-11H,3-4,8-9,12H2,1-2H3. The number of thiophene rings is 1. The number of aryl methyl sites for hydroxylation is 1. The van der Waals surface area contributed by atoms with E-state index in [0.29, 0.717) is 13.1 Å². The number of anilines is 1. The maximum Gasteiger partial charge on any atom is 0.244 e.